The third-order valence-electron chi connectivity index (χ3n) is 7.08. The van der Waals surface area contributed by atoms with Crippen molar-refractivity contribution in [2.75, 3.05) is 30.3 Å². The molecule has 2 aromatic carbocycles. The highest BCUT2D eigenvalue weighted by Gasteiger charge is 2.23. The Balaban J connectivity index is 1.93. The van der Waals surface area contributed by atoms with Crippen LogP contribution >= 0.6 is 23.5 Å². The molecular weight excluding hydrogens is 561 g/mol. The summed E-state index contributed by atoms with van der Waals surface area (Å²) < 4.78 is 0. The summed E-state index contributed by atoms with van der Waals surface area (Å²) in [5, 5.41) is 0. The Labute approximate surface area is 260 Å². The van der Waals surface area contributed by atoms with E-state index in [1.807, 2.05) is 6.07 Å². The molecule has 0 radical (unpaired) electrons. The van der Waals surface area contributed by atoms with Crippen LogP contribution in [0.25, 0.3) is 0 Å². The van der Waals surface area contributed by atoms with Gasteiger partial charge in [-0.3, -0.25) is 14.6 Å². The van der Waals surface area contributed by atoms with Crippen molar-refractivity contribution in [3.8, 4) is 0 Å². The van der Waals surface area contributed by atoms with Crippen LogP contribution in [0.2, 0.25) is 0 Å². The zero-order chi connectivity index (χ0) is 31.2. The minimum atomic E-state index is -0.158. The molecule has 0 saturated heterocycles. The SMILES string of the molecule is Cc1cc(C(C)(C)C)cc(CC(=O)c2ccnc(C(=O)Cc3cc(C(C)(C)C)cc(N)c3SCCN)c2)c1SCCN. The van der Waals surface area contributed by atoms with Crippen LogP contribution in [0.3, 0.4) is 0 Å². The summed E-state index contributed by atoms with van der Waals surface area (Å²) in [4.78, 5) is 33.5. The number of benzene rings is 2. The van der Waals surface area contributed by atoms with Crippen LogP contribution in [0, 0.1) is 6.92 Å². The third kappa shape index (κ3) is 8.69. The van der Waals surface area contributed by atoms with Crippen molar-refractivity contribution in [2.24, 2.45) is 11.5 Å². The van der Waals surface area contributed by atoms with E-state index in [9.17, 15) is 9.59 Å². The number of aryl methyl sites for hydroxylation is 1. The summed E-state index contributed by atoms with van der Waals surface area (Å²) >= 11 is 3.25. The smallest absolute Gasteiger partial charge is 0.185 e. The molecule has 0 fully saturated rings. The first kappa shape index (κ1) is 33.8. The number of ketones is 2. The monoisotopic (exact) mass is 606 g/mol. The van der Waals surface area contributed by atoms with E-state index in [4.69, 9.17) is 17.2 Å². The second kappa shape index (κ2) is 14.2. The average molecular weight is 607 g/mol. The van der Waals surface area contributed by atoms with Crippen LogP contribution in [0.5, 0.6) is 0 Å². The van der Waals surface area contributed by atoms with Crippen molar-refractivity contribution in [3.63, 3.8) is 0 Å². The number of pyridine rings is 1. The van der Waals surface area contributed by atoms with Gasteiger partial charge in [0, 0.05) is 64.7 Å². The van der Waals surface area contributed by atoms with Gasteiger partial charge in [0.15, 0.2) is 11.6 Å². The largest absolute Gasteiger partial charge is 0.398 e. The Morgan fingerprint density at radius 1 is 0.762 bits per heavy atom. The lowest BCUT2D eigenvalue weighted by molar-refractivity contribution is 0.0987. The molecular formula is C34H46N4O2S2. The maximum Gasteiger partial charge on any atom is 0.185 e. The Bertz CT molecular complexity index is 1330. The summed E-state index contributed by atoms with van der Waals surface area (Å²) in [5.74, 6) is 1.26. The van der Waals surface area contributed by atoms with E-state index in [-0.39, 0.29) is 40.9 Å². The highest BCUT2D eigenvalue weighted by Crippen LogP contribution is 2.36. The van der Waals surface area contributed by atoms with Gasteiger partial charge in [-0.1, -0.05) is 59.7 Å². The minimum Gasteiger partial charge on any atom is -0.398 e. The molecule has 1 heterocycles. The first-order valence-electron chi connectivity index (χ1n) is 14.4. The zero-order valence-corrected chi connectivity index (χ0v) is 27.7. The topological polar surface area (TPSA) is 125 Å². The summed E-state index contributed by atoms with van der Waals surface area (Å²) in [5.41, 5.74) is 24.5. The number of nitrogens with two attached hydrogens (primary N) is 3. The van der Waals surface area contributed by atoms with Gasteiger partial charge in [-0.25, -0.2) is 0 Å². The summed E-state index contributed by atoms with van der Waals surface area (Å²) in [7, 11) is 0. The number of aromatic nitrogens is 1. The number of anilines is 1. The number of thioether (sulfide) groups is 2. The molecule has 0 spiro atoms. The van der Waals surface area contributed by atoms with Crippen molar-refractivity contribution in [1.29, 1.82) is 0 Å². The van der Waals surface area contributed by atoms with Crippen molar-refractivity contribution in [2.45, 2.75) is 81.9 Å². The molecule has 0 atom stereocenters. The Hall–Kier alpha value is -2.65. The van der Waals surface area contributed by atoms with Crippen LogP contribution in [0.15, 0.2) is 52.4 Å². The van der Waals surface area contributed by atoms with E-state index in [0.29, 0.717) is 30.1 Å². The van der Waals surface area contributed by atoms with E-state index < -0.39 is 0 Å². The minimum absolute atomic E-state index is 0.0507. The molecule has 0 aliphatic rings. The van der Waals surface area contributed by atoms with Crippen LogP contribution < -0.4 is 17.2 Å². The van der Waals surface area contributed by atoms with Crippen LogP contribution in [0.4, 0.5) is 5.69 Å². The molecule has 1 aromatic heterocycles. The first-order chi connectivity index (χ1) is 19.6. The van der Waals surface area contributed by atoms with Gasteiger partial charge in [0.1, 0.15) is 5.69 Å². The number of Topliss-reactive ketones (excluding diaryl/α,β-unsaturated/α-hetero) is 2. The van der Waals surface area contributed by atoms with Gasteiger partial charge in [-0.05, 0) is 63.8 Å². The predicted molar refractivity (Wildman–Crippen MR) is 179 cm³/mol. The van der Waals surface area contributed by atoms with Crippen molar-refractivity contribution in [1.82, 2.24) is 4.98 Å². The lowest BCUT2D eigenvalue weighted by Crippen LogP contribution is -2.16. The highest BCUT2D eigenvalue weighted by molar-refractivity contribution is 7.99. The first-order valence-corrected chi connectivity index (χ1v) is 16.4. The van der Waals surface area contributed by atoms with E-state index in [2.05, 4.69) is 71.6 Å². The number of carbonyl (C=O) groups is 2. The molecule has 0 bridgehead atoms. The number of nitrogen functional groups attached to an aromatic ring is 1. The van der Waals surface area contributed by atoms with Gasteiger partial charge in [-0.2, -0.15) is 0 Å². The average Bonchev–Trinajstić information content (AvgIpc) is 2.91. The number of nitrogens with zero attached hydrogens (tertiary/aromatic N) is 1. The summed E-state index contributed by atoms with van der Waals surface area (Å²) in [6.07, 6.45) is 1.92. The predicted octanol–water partition coefficient (Wildman–Crippen LogP) is 6.52. The van der Waals surface area contributed by atoms with E-state index in [1.165, 1.54) is 5.56 Å². The Morgan fingerprint density at radius 2 is 1.29 bits per heavy atom. The van der Waals surface area contributed by atoms with Crippen molar-refractivity contribution < 1.29 is 9.59 Å². The van der Waals surface area contributed by atoms with Crippen LogP contribution in [-0.4, -0.2) is 41.1 Å². The number of rotatable bonds is 12. The van der Waals surface area contributed by atoms with Crippen molar-refractivity contribution >= 4 is 40.8 Å². The van der Waals surface area contributed by atoms with Gasteiger partial charge in [0.25, 0.3) is 0 Å². The number of hydrogen-bond acceptors (Lipinski definition) is 8. The maximum absolute atomic E-state index is 13.6. The Morgan fingerprint density at radius 3 is 1.86 bits per heavy atom. The molecule has 226 valence electrons. The normalized spacial score (nSPS) is 12.0. The molecule has 0 aliphatic heterocycles. The summed E-state index contributed by atoms with van der Waals surface area (Å²) in [6, 6.07) is 11.7. The van der Waals surface area contributed by atoms with Gasteiger partial charge in [0.05, 0.1) is 0 Å². The second-order valence-electron chi connectivity index (χ2n) is 12.7. The maximum atomic E-state index is 13.6. The van der Waals surface area contributed by atoms with Gasteiger partial charge in [-0.15, -0.1) is 23.5 Å². The number of carbonyl (C=O) groups excluding carboxylic acids is 2. The molecule has 3 rings (SSSR count). The third-order valence-corrected chi connectivity index (χ3v) is 9.62. The molecule has 8 heteroatoms. The number of hydrogen-bond donors (Lipinski definition) is 3. The molecule has 6 N–H and O–H groups in total. The fraction of sp³-hybridized carbons (Fsp3) is 0.441. The highest BCUT2D eigenvalue weighted by atomic mass is 32.2. The van der Waals surface area contributed by atoms with E-state index >= 15 is 0 Å². The quantitative estimate of drug-likeness (QED) is 0.121. The van der Waals surface area contributed by atoms with Gasteiger partial charge < -0.3 is 17.2 Å². The lowest BCUT2D eigenvalue weighted by Gasteiger charge is -2.23. The second-order valence-corrected chi connectivity index (χ2v) is 14.9. The standard InChI is InChI=1S/C34H46N4O2S2/c1-21-14-25(33(2,3)4)15-23(31(21)41-12-9-35)18-29(39)22-8-11-38-28(17-22)30(40)19-24-16-26(34(5,6)7)20-27(37)32(24)42-13-10-36/h8,11,14-17,20H,9-10,12-13,18-19,35-37H2,1-7H3. The van der Waals surface area contributed by atoms with E-state index in [0.717, 1.165) is 37.8 Å². The molecule has 42 heavy (non-hydrogen) atoms. The molecule has 0 aliphatic carbocycles. The zero-order valence-electron chi connectivity index (χ0n) is 26.1. The fourth-order valence-corrected chi connectivity index (χ4v) is 6.48. The summed E-state index contributed by atoms with van der Waals surface area (Å²) in [6.45, 7) is 16.0. The van der Waals surface area contributed by atoms with Gasteiger partial charge >= 0.3 is 0 Å². The molecule has 0 unspecified atom stereocenters. The fourth-order valence-electron chi connectivity index (χ4n) is 4.69. The van der Waals surface area contributed by atoms with Gasteiger partial charge in [0.2, 0.25) is 0 Å². The van der Waals surface area contributed by atoms with Crippen LogP contribution in [0.1, 0.15) is 90.2 Å². The van der Waals surface area contributed by atoms with Crippen LogP contribution in [-0.2, 0) is 23.7 Å². The molecule has 6 nitrogen and oxygen atoms in total. The molecule has 3 aromatic rings. The lowest BCUT2D eigenvalue weighted by atomic mass is 9.84. The van der Waals surface area contributed by atoms with Crippen molar-refractivity contribution in [3.05, 3.63) is 81.7 Å². The van der Waals surface area contributed by atoms with E-state index in [1.54, 1.807) is 41.9 Å². The molecule has 0 amide bonds. The molecule has 0 saturated carbocycles. The Kier molecular flexibility index (Phi) is 11.5.